The molecule has 0 aromatic heterocycles. The molecule has 2 heterocycles. The van der Waals surface area contributed by atoms with Crippen molar-refractivity contribution in [3.8, 4) is 5.75 Å². The molecule has 2 aromatic rings. The van der Waals surface area contributed by atoms with Crippen LogP contribution in [0, 0.1) is 17.7 Å². The number of ether oxygens (including phenoxy) is 1. The Morgan fingerprint density at radius 2 is 1.64 bits per heavy atom. The topological polar surface area (TPSA) is 70.1 Å². The number of carbonyl (C=O) groups is 2. The van der Waals surface area contributed by atoms with Crippen LogP contribution in [-0.4, -0.2) is 65.2 Å². The maximum absolute atomic E-state index is 15.3. The van der Waals surface area contributed by atoms with Gasteiger partial charge >= 0.3 is 12.1 Å². The van der Waals surface area contributed by atoms with Crippen molar-refractivity contribution >= 4 is 35.1 Å². The van der Waals surface area contributed by atoms with Crippen LogP contribution in [0.15, 0.2) is 30.3 Å². The number of nitrogens with zero attached hydrogens (tertiary/aromatic N) is 2. The second kappa shape index (κ2) is 12.2. The number of amides is 1. The minimum absolute atomic E-state index is 0.00745. The lowest BCUT2D eigenvalue weighted by atomic mass is 9.94. The Hall–Kier alpha value is -2.56. The van der Waals surface area contributed by atoms with Crippen molar-refractivity contribution < 1.29 is 37.0 Å². The van der Waals surface area contributed by atoms with Crippen molar-refractivity contribution in [1.82, 2.24) is 9.80 Å². The van der Waals surface area contributed by atoms with Crippen LogP contribution in [0.5, 0.6) is 5.75 Å². The second-order valence-corrected chi connectivity index (χ2v) is 12.5. The Morgan fingerprint density at radius 3 is 2.21 bits per heavy atom. The Bertz CT molecular complexity index is 1330. The van der Waals surface area contributed by atoms with Crippen molar-refractivity contribution in [3.63, 3.8) is 0 Å². The third kappa shape index (κ3) is 6.65. The average molecular weight is 631 g/mol. The van der Waals surface area contributed by atoms with E-state index in [0.717, 1.165) is 12.8 Å². The van der Waals surface area contributed by atoms with Gasteiger partial charge in [-0.05, 0) is 98.3 Å². The second-order valence-electron chi connectivity index (χ2n) is 11.6. The summed E-state index contributed by atoms with van der Waals surface area (Å²) < 4.78 is 63.6. The number of carbonyl (C=O) groups excluding carboxylic acids is 1. The highest BCUT2D eigenvalue weighted by Gasteiger charge is 2.46. The third-order valence-corrected chi connectivity index (χ3v) is 9.00. The maximum atomic E-state index is 15.3. The smallest absolute Gasteiger partial charge is 0.408 e. The molecule has 5 rings (SSSR count). The highest BCUT2D eigenvalue weighted by molar-refractivity contribution is 6.34. The van der Waals surface area contributed by atoms with Crippen molar-refractivity contribution in [2.45, 2.75) is 63.2 Å². The molecule has 3 atom stereocenters. The highest BCUT2D eigenvalue weighted by atomic mass is 35.5. The first-order valence-corrected chi connectivity index (χ1v) is 14.9. The van der Waals surface area contributed by atoms with Gasteiger partial charge in [-0.25, -0.2) is 9.18 Å². The Kier molecular flexibility index (Phi) is 8.98. The summed E-state index contributed by atoms with van der Waals surface area (Å²) in [6.45, 7) is 2.56. The Labute approximate surface area is 251 Å². The largest absolute Gasteiger partial charge is 0.493 e. The lowest BCUT2D eigenvalue weighted by Gasteiger charge is -2.38. The first kappa shape index (κ1) is 30.9. The lowest BCUT2D eigenvalue weighted by Crippen LogP contribution is -2.44. The number of benzene rings is 2. The molecular formula is C30H32Cl2F4N2O4. The van der Waals surface area contributed by atoms with Gasteiger partial charge in [0.05, 0.1) is 12.2 Å². The fourth-order valence-corrected chi connectivity index (χ4v) is 6.75. The number of rotatable bonds is 8. The van der Waals surface area contributed by atoms with Crippen molar-refractivity contribution in [2.24, 2.45) is 11.8 Å². The fourth-order valence-electron chi connectivity index (χ4n) is 6.21. The number of hydrogen-bond acceptors (Lipinski definition) is 4. The van der Waals surface area contributed by atoms with E-state index in [-0.39, 0.29) is 65.2 Å². The van der Waals surface area contributed by atoms with E-state index in [1.807, 2.05) is 0 Å². The summed E-state index contributed by atoms with van der Waals surface area (Å²) in [5.41, 5.74) is 0.524. The van der Waals surface area contributed by atoms with Gasteiger partial charge < -0.3 is 14.7 Å². The van der Waals surface area contributed by atoms with E-state index in [0.29, 0.717) is 30.6 Å². The molecule has 12 heteroatoms. The summed E-state index contributed by atoms with van der Waals surface area (Å²) in [6.07, 6.45) is -1.39. The zero-order chi connectivity index (χ0) is 30.3. The molecule has 0 unspecified atom stereocenters. The van der Waals surface area contributed by atoms with E-state index in [4.69, 9.17) is 27.9 Å². The normalized spacial score (nSPS) is 22.8. The Balaban J connectivity index is 1.26. The minimum Gasteiger partial charge on any atom is -0.493 e. The molecule has 0 radical (unpaired) electrons. The molecule has 0 spiro atoms. The standard InChI is InChI=1S/C30H32Cl2F4N2O4/c1-16-4-9-38(26(16)29(40)41)28(39)23-13-22(18-2-3-18)25(14-24(23)33)42-15-17-5-7-37(8-6-17)27(30(34,35)36)19-10-20(31)12-21(32)11-19/h10-14,16-18,26-27H,2-9,15H2,1H3,(H,40,41)/t16-,26-,27+/m0/s1. The number of alkyl halides is 3. The molecule has 3 aliphatic rings. The third-order valence-electron chi connectivity index (χ3n) is 8.56. The molecule has 2 aromatic carbocycles. The van der Waals surface area contributed by atoms with Crippen LogP contribution in [0.4, 0.5) is 17.6 Å². The van der Waals surface area contributed by atoms with Gasteiger partial charge in [0.25, 0.3) is 5.91 Å². The number of likely N-dealkylation sites (tertiary alicyclic amines) is 2. The summed E-state index contributed by atoms with van der Waals surface area (Å²) in [4.78, 5) is 27.6. The van der Waals surface area contributed by atoms with Crippen LogP contribution >= 0.6 is 23.2 Å². The first-order valence-electron chi connectivity index (χ1n) is 14.1. The van der Waals surface area contributed by atoms with Crippen LogP contribution in [0.2, 0.25) is 10.0 Å². The molecule has 1 amide bonds. The number of hydrogen-bond donors (Lipinski definition) is 1. The quantitative estimate of drug-likeness (QED) is 0.309. The molecule has 228 valence electrons. The van der Waals surface area contributed by atoms with Crippen LogP contribution in [0.1, 0.15) is 72.5 Å². The van der Waals surface area contributed by atoms with E-state index in [1.54, 1.807) is 6.92 Å². The molecule has 1 aliphatic carbocycles. The summed E-state index contributed by atoms with van der Waals surface area (Å²) >= 11 is 12.0. The predicted octanol–water partition coefficient (Wildman–Crippen LogP) is 7.34. The van der Waals surface area contributed by atoms with Gasteiger partial charge in [0.2, 0.25) is 0 Å². The van der Waals surface area contributed by atoms with Crippen molar-refractivity contribution in [2.75, 3.05) is 26.2 Å². The molecule has 42 heavy (non-hydrogen) atoms. The minimum atomic E-state index is -4.52. The molecule has 2 saturated heterocycles. The van der Waals surface area contributed by atoms with Crippen molar-refractivity contribution in [1.29, 1.82) is 0 Å². The van der Waals surface area contributed by atoms with Crippen LogP contribution in [0.25, 0.3) is 0 Å². The monoisotopic (exact) mass is 630 g/mol. The predicted molar refractivity (Wildman–Crippen MR) is 150 cm³/mol. The number of carboxylic acid groups (broad SMARTS) is 1. The number of piperidine rings is 1. The molecule has 0 bridgehead atoms. The zero-order valence-corrected chi connectivity index (χ0v) is 24.5. The van der Waals surface area contributed by atoms with Crippen LogP contribution in [-0.2, 0) is 4.79 Å². The van der Waals surface area contributed by atoms with E-state index >= 15 is 4.39 Å². The van der Waals surface area contributed by atoms with Gasteiger partial charge in [-0.3, -0.25) is 9.69 Å². The van der Waals surface area contributed by atoms with E-state index < -0.39 is 36.0 Å². The van der Waals surface area contributed by atoms with Gasteiger partial charge in [-0.1, -0.05) is 30.1 Å². The number of carboxylic acids is 1. The number of aliphatic carboxylic acids is 1. The molecular weight excluding hydrogens is 599 g/mol. The van der Waals surface area contributed by atoms with Gasteiger partial charge in [-0.15, -0.1) is 0 Å². The van der Waals surface area contributed by atoms with Crippen molar-refractivity contribution in [3.05, 3.63) is 62.9 Å². The summed E-state index contributed by atoms with van der Waals surface area (Å²) in [5.74, 6) is -2.39. The summed E-state index contributed by atoms with van der Waals surface area (Å²) in [5, 5.41) is 9.87. The summed E-state index contributed by atoms with van der Waals surface area (Å²) in [7, 11) is 0. The molecule has 3 fully saturated rings. The van der Waals surface area contributed by atoms with Gasteiger partial charge in [0.1, 0.15) is 23.7 Å². The van der Waals surface area contributed by atoms with Gasteiger partial charge in [0, 0.05) is 22.7 Å². The van der Waals surface area contributed by atoms with E-state index in [1.165, 1.54) is 40.1 Å². The molecule has 1 N–H and O–H groups in total. The lowest BCUT2D eigenvalue weighted by molar-refractivity contribution is -0.190. The van der Waals surface area contributed by atoms with E-state index in [2.05, 4.69) is 0 Å². The van der Waals surface area contributed by atoms with E-state index in [9.17, 15) is 27.9 Å². The Morgan fingerprint density at radius 1 is 1.00 bits per heavy atom. The van der Waals surface area contributed by atoms with Crippen LogP contribution < -0.4 is 4.74 Å². The zero-order valence-electron chi connectivity index (χ0n) is 23.0. The highest BCUT2D eigenvalue weighted by Crippen LogP contribution is 2.46. The fraction of sp³-hybridized carbons (Fsp3) is 0.533. The SMILES string of the molecule is C[C@H]1CCN(C(=O)c2cc(C3CC3)c(OCC3CCN([C@H](c4cc(Cl)cc(Cl)c4)C(F)(F)F)CC3)cc2F)[C@@H]1C(=O)O. The maximum Gasteiger partial charge on any atom is 0.408 e. The van der Waals surface area contributed by atoms with Gasteiger partial charge in [0.15, 0.2) is 0 Å². The summed E-state index contributed by atoms with van der Waals surface area (Å²) in [6, 6.07) is 3.80. The van der Waals surface area contributed by atoms with Gasteiger partial charge in [-0.2, -0.15) is 13.2 Å². The first-order chi connectivity index (χ1) is 19.8. The molecule has 2 aliphatic heterocycles. The average Bonchev–Trinajstić information content (AvgIpc) is 3.67. The molecule has 1 saturated carbocycles. The molecule has 6 nitrogen and oxygen atoms in total. The van der Waals surface area contributed by atoms with Crippen LogP contribution in [0.3, 0.4) is 0 Å². The number of halogens is 6.